The van der Waals surface area contributed by atoms with E-state index in [9.17, 15) is 65.2 Å². The highest BCUT2D eigenvalue weighted by Gasteiger charge is 2.78. The standard InChI is InChI=1S/C34H26BrN3O14/c35-31-32(43,18-19-4-2-1-3-5-19)34(45,29(42)22-10-16-25(17-11-22)38(50)51)33(44,28(41)21-8-14-24(15-9-21)37(48)49)30(52-31)27(40)26(39)20-6-12-23(13-7-20)36(46)47/h1-17,26,30-31,39,43-45H,18H2/t26?,30-,31+,32+,33-,34-/m1/s1. The molecule has 17 nitrogen and oxygen atoms in total. The fourth-order valence-electron chi connectivity index (χ4n) is 6.04. The number of carbonyl (C=O) groups is 3. The molecule has 4 aromatic rings. The highest BCUT2D eigenvalue weighted by atomic mass is 79.9. The predicted octanol–water partition coefficient (Wildman–Crippen LogP) is 3.34. The number of non-ortho nitro benzene ring substituents is 3. The Morgan fingerprint density at radius 1 is 0.692 bits per heavy atom. The first-order chi connectivity index (χ1) is 24.5. The number of rotatable bonds is 12. The van der Waals surface area contributed by atoms with Crippen LogP contribution in [0.2, 0.25) is 0 Å². The lowest BCUT2D eigenvalue weighted by Gasteiger charge is -2.58. The fourth-order valence-corrected chi connectivity index (χ4v) is 6.75. The van der Waals surface area contributed by atoms with Crippen LogP contribution >= 0.6 is 15.9 Å². The SMILES string of the molecule is O=C(C(O)c1ccc([N+](=O)[O-])cc1)[C@H]1O[C@H](Br)[C@@](O)(Cc2ccccc2)[C@](O)(C(=O)c2ccc([N+](=O)[O-])cc2)[C@@]1(O)C(=O)c1ccc([N+](=O)[O-])cc1. The van der Waals surface area contributed by atoms with E-state index in [4.69, 9.17) is 4.74 Å². The molecule has 6 atom stereocenters. The molecule has 1 aliphatic rings. The van der Waals surface area contributed by atoms with Gasteiger partial charge in [0.1, 0.15) is 16.7 Å². The molecule has 0 radical (unpaired) electrons. The van der Waals surface area contributed by atoms with E-state index in [-0.39, 0.29) is 11.1 Å². The number of ether oxygens (including phenoxy) is 1. The number of nitrogens with zero attached hydrogens (tertiary/aromatic N) is 3. The normalized spacial score (nSPS) is 24.7. The van der Waals surface area contributed by atoms with Gasteiger partial charge in [-0.15, -0.1) is 0 Å². The number of Topliss-reactive ketones (excluding diaryl/α,β-unsaturated/α-hetero) is 3. The number of nitro groups is 3. The molecule has 1 fully saturated rings. The van der Waals surface area contributed by atoms with Crippen molar-refractivity contribution >= 4 is 50.3 Å². The number of alkyl halides is 1. The van der Waals surface area contributed by atoms with Crippen LogP contribution in [0.5, 0.6) is 0 Å². The van der Waals surface area contributed by atoms with E-state index in [1.54, 1.807) is 6.07 Å². The molecule has 0 aliphatic carbocycles. The molecule has 52 heavy (non-hydrogen) atoms. The van der Waals surface area contributed by atoms with Gasteiger partial charge >= 0.3 is 0 Å². The van der Waals surface area contributed by atoms with Crippen LogP contribution in [0, 0.1) is 30.3 Å². The summed E-state index contributed by atoms with van der Waals surface area (Å²) in [5, 5.41) is 81.2. The average molecular weight is 780 g/mol. The molecule has 5 rings (SSSR count). The predicted molar refractivity (Wildman–Crippen MR) is 181 cm³/mol. The quantitative estimate of drug-likeness (QED) is 0.0695. The Labute approximate surface area is 300 Å². The summed E-state index contributed by atoms with van der Waals surface area (Å²) < 4.78 is 5.76. The van der Waals surface area contributed by atoms with Gasteiger partial charge in [0.25, 0.3) is 17.1 Å². The molecule has 4 aromatic carbocycles. The number of ketones is 3. The Morgan fingerprint density at radius 2 is 1.12 bits per heavy atom. The lowest BCUT2D eigenvalue weighted by atomic mass is 9.58. The van der Waals surface area contributed by atoms with Crippen LogP contribution in [-0.2, 0) is 16.0 Å². The van der Waals surface area contributed by atoms with Crippen LogP contribution in [0.25, 0.3) is 0 Å². The molecule has 0 saturated carbocycles. The monoisotopic (exact) mass is 779 g/mol. The van der Waals surface area contributed by atoms with Crippen molar-refractivity contribution in [3.63, 3.8) is 0 Å². The Morgan fingerprint density at radius 3 is 1.56 bits per heavy atom. The molecule has 0 amide bonds. The first kappa shape index (κ1) is 37.6. The van der Waals surface area contributed by atoms with Crippen molar-refractivity contribution < 1.29 is 54.3 Å². The number of aliphatic hydroxyl groups excluding tert-OH is 1. The van der Waals surface area contributed by atoms with Gasteiger partial charge in [0.15, 0.2) is 17.5 Å². The molecule has 1 unspecified atom stereocenters. The summed E-state index contributed by atoms with van der Waals surface area (Å²) in [7, 11) is 0. The molecular formula is C34H26BrN3O14. The zero-order valence-electron chi connectivity index (χ0n) is 26.3. The molecule has 18 heteroatoms. The average Bonchev–Trinajstić information content (AvgIpc) is 3.14. The van der Waals surface area contributed by atoms with Crippen LogP contribution in [-0.4, -0.2) is 80.5 Å². The van der Waals surface area contributed by atoms with Gasteiger partial charge in [-0.25, -0.2) is 0 Å². The number of nitro benzene ring substituents is 3. The van der Waals surface area contributed by atoms with Crippen LogP contribution in [0.15, 0.2) is 103 Å². The molecule has 268 valence electrons. The van der Waals surface area contributed by atoms with Crippen molar-refractivity contribution in [1.82, 2.24) is 0 Å². The van der Waals surface area contributed by atoms with Crippen LogP contribution in [0.3, 0.4) is 0 Å². The maximum absolute atomic E-state index is 14.7. The smallest absolute Gasteiger partial charge is 0.269 e. The van der Waals surface area contributed by atoms with E-state index < -0.39 is 101 Å². The van der Waals surface area contributed by atoms with Crippen molar-refractivity contribution in [1.29, 1.82) is 0 Å². The topological polar surface area (TPSA) is 271 Å². The molecule has 0 spiro atoms. The molecule has 4 N–H and O–H groups in total. The number of hydrogen-bond donors (Lipinski definition) is 4. The van der Waals surface area contributed by atoms with Crippen molar-refractivity contribution in [2.45, 2.75) is 40.4 Å². The Kier molecular flexibility index (Phi) is 10.3. The van der Waals surface area contributed by atoms with E-state index >= 15 is 0 Å². The minimum absolute atomic E-state index is 0.216. The molecule has 1 aliphatic heterocycles. The lowest BCUT2D eigenvalue weighted by molar-refractivity contribution is -0.385. The third-order valence-electron chi connectivity index (χ3n) is 8.81. The first-order valence-electron chi connectivity index (χ1n) is 15.0. The molecule has 0 bridgehead atoms. The second kappa shape index (κ2) is 14.2. The molecule has 0 aromatic heterocycles. The summed E-state index contributed by atoms with van der Waals surface area (Å²) in [6, 6.07) is 18.4. The van der Waals surface area contributed by atoms with Gasteiger partial charge in [0.2, 0.25) is 17.2 Å². The van der Waals surface area contributed by atoms with Gasteiger partial charge in [-0.1, -0.05) is 46.3 Å². The molecule has 1 saturated heterocycles. The van der Waals surface area contributed by atoms with Gasteiger partial charge in [0, 0.05) is 53.9 Å². The van der Waals surface area contributed by atoms with Gasteiger partial charge in [-0.2, -0.15) is 0 Å². The summed E-state index contributed by atoms with van der Waals surface area (Å²) in [6.45, 7) is 0. The highest BCUT2D eigenvalue weighted by Crippen LogP contribution is 2.52. The van der Waals surface area contributed by atoms with Gasteiger partial charge in [-0.05, 0) is 47.5 Å². The van der Waals surface area contributed by atoms with Crippen molar-refractivity contribution in [3.8, 4) is 0 Å². The minimum Gasteiger partial charge on any atom is -0.382 e. The number of hydrogen-bond acceptors (Lipinski definition) is 14. The van der Waals surface area contributed by atoms with E-state index in [1.165, 1.54) is 24.3 Å². The van der Waals surface area contributed by atoms with Crippen molar-refractivity contribution in [3.05, 3.63) is 156 Å². The summed E-state index contributed by atoms with van der Waals surface area (Å²) in [6.07, 6.45) is -5.80. The lowest BCUT2D eigenvalue weighted by Crippen LogP contribution is -2.85. The summed E-state index contributed by atoms with van der Waals surface area (Å²) in [4.78, 5) is 75.0. The third-order valence-corrected chi connectivity index (χ3v) is 9.78. The minimum atomic E-state index is -3.88. The second-order valence-electron chi connectivity index (χ2n) is 11.8. The highest BCUT2D eigenvalue weighted by molar-refractivity contribution is 9.09. The largest absolute Gasteiger partial charge is 0.382 e. The van der Waals surface area contributed by atoms with Crippen LogP contribution in [0.1, 0.15) is 37.9 Å². The van der Waals surface area contributed by atoms with Gasteiger partial charge < -0.3 is 25.2 Å². The second-order valence-corrected chi connectivity index (χ2v) is 12.6. The number of carbonyl (C=O) groups excluding carboxylic acids is 3. The Bertz CT molecular complexity index is 2060. The number of benzene rings is 4. The zero-order chi connectivity index (χ0) is 38.2. The summed E-state index contributed by atoms with van der Waals surface area (Å²) in [5.74, 6) is -4.85. The Balaban J connectivity index is 1.78. The maximum atomic E-state index is 14.7. The van der Waals surface area contributed by atoms with E-state index in [0.717, 1.165) is 72.8 Å². The molecular weight excluding hydrogens is 754 g/mol. The maximum Gasteiger partial charge on any atom is 0.269 e. The van der Waals surface area contributed by atoms with Crippen LogP contribution < -0.4 is 0 Å². The summed E-state index contributed by atoms with van der Waals surface area (Å²) >= 11 is 3.06. The molecule has 1 heterocycles. The summed E-state index contributed by atoms with van der Waals surface area (Å²) in [5.41, 5.74) is -13.5. The van der Waals surface area contributed by atoms with Crippen molar-refractivity contribution in [2.24, 2.45) is 0 Å². The zero-order valence-corrected chi connectivity index (χ0v) is 27.9. The first-order valence-corrected chi connectivity index (χ1v) is 15.9. The van der Waals surface area contributed by atoms with Gasteiger partial charge in [-0.3, -0.25) is 44.7 Å². The van der Waals surface area contributed by atoms with E-state index in [2.05, 4.69) is 15.9 Å². The fraction of sp³-hybridized carbons (Fsp3) is 0.206. The van der Waals surface area contributed by atoms with Crippen molar-refractivity contribution in [2.75, 3.05) is 0 Å². The number of halogens is 1. The van der Waals surface area contributed by atoms with E-state index in [0.29, 0.717) is 0 Å². The van der Waals surface area contributed by atoms with Gasteiger partial charge in [0.05, 0.1) is 14.8 Å². The third kappa shape index (κ3) is 6.27. The van der Waals surface area contributed by atoms with E-state index in [1.807, 2.05) is 0 Å². The number of aliphatic hydroxyl groups is 4. The van der Waals surface area contributed by atoms with Crippen LogP contribution in [0.4, 0.5) is 17.1 Å². The Hall–Kier alpha value is -5.63.